The minimum absolute atomic E-state index is 0.0906. The van der Waals surface area contributed by atoms with Gasteiger partial charge in [-0.15, -0.1) is 0 Å². The number of hydrogen-bond donors (Lipinski definition) is 2. The fourth-order valence-electron chi connectivity index (χ4n) is 8.72. The molecular weight excluding hydrogens is 508 g/mol. The predicted octanol–water partition coefficient (Wildman–Crippen LogP) is 2.67. The Hall–Kier alpha value is -2.98. The van der Waals surface area contributed by atoms with E-state index >= 15 is 0 Å². The Morgan fingerprint density at radius 1 is 1.18 bits per heavy atom. The highest BCUT2D eigenvalue weighted by Crippen LogP contribution is 2.70. The van der Waals surface area contributed by atoms with Gasteiger partial charge in [-0.2, -0.15) is 0 Å². The summed E-state index contributed by atoms with van der Waals surface area (Å²) in [6, 6.07) is 1.71. The number of ketones is 1. The first-order valence-corrected chi connectivity index (χ1v) is 13.3. The number of hydrogen-bond acceptors (Lipinski definition) is 10. The molecule has 3 fully saturated rings. The van der Waals surface area contributed by atoms with E-state index < -0.39 is 75.8 Å². The lowest BCUT2D eigenvalue weighted by Crippen LogP contribution is -2.74. The van der Waals surface area contributed by atoms with Gasteiger partial charge in [-0.3, -0.25) is 9.59 Å². The first-order valence-electron chi connectivity index (χ1n) is 13.3. The van der Waals surface area contributed by atoms with Crippen LogP contribution < -0.4 is 0 Å². The number of carbonyl (C=O) groups excluding carboxylic acids is 4. The van der Waals surface area contributed by atoms with Gasteiger partial charge in [0.25, 0.3) is 0 Å². The van der Waals surface area contributed by atoms with Crippen molar-refractivity contribution in [1.82, 2.24) is 0 Å². The summed E-state index contributed by atoms with van der Waals surface area (Å²) in [5.74, 6) is -5.27. The van der Waals surface area contributed by atoms with E-state index in [4.69, 9.17) is 18.6 Å². The highest BCUT2D eigenvalue weighted by atomic mass is 16.6. The van der Waals surface area contributed by atoms with Gasteiger partial charge in [0.05, 0.1) is 31.3 Å². The average Bonchev–Trinajstić information content (AvgIpc) is 3.39. The molecular formula is C29H36O10. The number of carbonyl (C=O) groups is 4. The molecule has 0 aromatic carbocycles. The second-order valence-electron chi connectivity index (χ2n) is 12.6. The monoisotopic (exact) mass is 544 g/mol. The zero-order valence-corrected chi connectivity index (χ0v) is 23.1. The lowest BCUT2D eigenvalue weighted by atomic mass is 9.37. The number of furan rings is 1. The molecule has 10 heteroatoms. The molecule has 2 N–H and O–H groups in total. The van der Waals surface area contributed by atoms with E-state index in [1.807, 2.05) is 6.92 Å². The summed E-state index contributed by atoms with van der Waals surface area (Å²) in [7, 11) is 1.16. The number of ether oxygens (including phenoxy) is 3. The Morgan fingerprint density at radius 3 is 2.46 bits per heavy atom. The van der Waals surface area contributed by atoms with Crippen molar-refractivity contribution in [1.29, 1.82) is 0 Å². The Balaban J connectivity index is 1.70. The number of aliphatic hydroxyl groups excluding tert-OH is 1. The first-order chi connectivity index (χ1) is 18.1. The molecule has 1 aliphatic heterocycles. The third-order valence-corrected chi connectivity index (χ3v) is 10.3. The molecule has 0 radical (unpaired) electrons. The Kier molecular flexibility index (Phi) is 6.20. The molecule has 0 saturated heterocycles. The number of Topliss-reactive ketones (excluding diaryl/α,β-unsaturated/α-hetero) is 1. The minimum atomic E-state index is -1.69. The number of methoxy groups -OCH3 is 1. The van der Waals surface area contributed by atoms with Crippen molar-refractivity contribution in [3.05, 3.63) is 35.8 Å². The van der Waals surface area contributed by atoms with E-state index in [0.29, 0.717) is 24.0 Å². The topological polar surface area (TPSA) is 150 Å². The van der Waals surface area contributed by atoms with E-state index in [1.165, 1.54) is 18.6 Å². The van der Waals surface area contributed by atoms with Gasteiger partial charge in [0.1, 0.15) is 11.9 Å². The molecule has 4 aliphatic rings. The van der Waals surface area contributed by atoms with Crippen LogP contribution >= 0.6 is 0 Å². The predicted molar refractivity (Wildman–Crippen MR) is 133 cm³/mol. The lowest BCUT2D eigenvalue weighted by molar-refractivity contribution is -0.245. The largest absolute Gasteiger partial charge is 0.472 e. The van der Waals surface area contributed by atoms with Crippen LogP contribution in [0.2, 0.25) is 0 Å². The lowest BCUT2D eigenvalue weighted by Gasteiger charge is -2.68. The molecule has 212 valence electrons. The van der Waals surface area contributed by atoms with E-state index in [2.05, 4.69) is 0 Å². The van der Waals surface area contributed by atoms with Gasteiger partial charge >= 0.3 is 17.9 Å². The number of rotatable bonds is 4. The van der Waals surface area contributed by atoms with Crippen LogP contribution in [-0.4, -0.2) is 58.8 Å². The first kappa shape index (κ1) is 27.6. The fourth-order valence-corrected chi connectivity index (χ4v) is 8.72. The summed E-state index contributed by atoms with van der Waals surface area (Å²) in [5, 5.41) is 24.3. The van der Waals surface area contributed by atoms with Crippen LogP contribution in [0, 0.1) is 34.0 Å². The quantitative estimate of drug-likeness (QED) is 0.428. The van der Waals surface area contributed by atoms with Crippen LogP contribution in [0.3, 0.4) is 0 Å². The van der Waals surface area contributed by atoms with Crippen LogP contribution in [0.25, 0.3) is 0 Å². The van der Waals surface area contributed by atoms with Gasteiger partial charge in [0, 0.05) is 47.1 Å². The van der Waals surface area contributed by atoms with E-state index in [0.717, 1.165) is 14.0 Å². The van der Waals surface area contributed by atoms with Gasteiger partial charge < -0.3 is 28.8 Å². The van der Waals surface area contributed by atoms with Crippen LogP contribution in [0.15, 0.2) is 34.7 Å². The Morgan fingerprint density at radius 2 is 1.87 bits per heavy atom. The molecule has 39 heavy (non-hydrogen) atoms. The zero-order chi connectivity index (χ0) is 28.7. The van der Waals surface area contributed by atoms with Crippen LogP contribution in [0.5, 0.6) is 0 Å². The molecule has 10 nitrogen and oxygen atoms in total. The maximum atomic E-state index is 14.2. The number of cyclic esters (lactones) is 1. The maximum Gasteiger partial charge on any atom is 0.347 e. The number of esters is 3. The molecule has 5 rings (SSSR count). The van der Waals surface area contributed by atoms with Crippen molar-refractivity contribution < 1.29 is 48.0 Å². The summed E-state index contributed by atoms with van der Waals surface area (Å²) in [6.07, 6.45) is 1.53. The normalized spacial score (nSPS) is 41.3. The van der Waals surface area contributed by atoms with Crippen molar-refractivity contribution in [2.24, 2.45) is 34.0 Å². The SMILES string of the molecule is COC(=O)[C@@H](OC(C)=O)[C@H]1C(C)(C)[C@H](O)[C@H]2C[C@]3(O)C4=CC(=O)O[C@@H](c5ccoc5)[C@]4(C)CC[C@@H]3[C@@]1(C)C2=O. The molecule has 0 amide bonds. The van der Waals surface area contributed by atoms with E-state index in [1.54, 1.807) is 26.8 Å². The summed E-state index contributed by atoms with van der Waals surface area (Å²) >= 11 is 0. The second kappa shape index (κ2) is 8.76. The molecule has 1 aromatic heterocycles. The number of aliphatic hydroxyl groups is 2. The maximum absolute atomic E-state index is 14.2. The van der Waals surface area contributed by atoms with Gasteiger partial charge in [0.15, 0.2) is 0 Å². The molecule has 3 aliphatic carbocycles. The summed E-state index contributed by atoms with van der Waals surface area (Å²) in [5.41, 5.74) is -3.91. The summed E-state index contributed by atoms with van der Waals surface area (Å²) < 4.78 is 21.5. The Bertz CT molecular complexity index is 1250. The molecule has 1 aromatic rings. The molecule has 3 saturated carbocycles. The average molecular weight is 545 g/mol. The summed E-state index contributed by atoms with van der Waals surface area (Å²) in [6.45, 7) is 8.24. The standard InChI is InChI=1S/C29H36O10/c1-14(30)38-20(25(34)36-6)21-26(2,3)22(32)16-12-29(35)17(28(21,5)23(16)33)7-9-27(4)18(29)11-19(31)39-24(27)15-8-10-37-13-15/h8,10-11,13,16-17,20-22,24,32,35H,7,9,12H2,1-6H3/t16-,17-,20+,21+,22-,24+,27-,28-,29-/m1/s1. The van der Waals surface area contributed by atoms with E-state index in [9.17, 15) is 29.4 Å². The molecule has 0 unspecified atom stereocenters. The van der Waals surface area contributed by atoms with Crippen molar-refractivity contribution >= 4 is 23.7 Å². The number of fused-ring (bicyclic) bond motifs is 6. The third kappa shape index (κ3) is 3.60. The molecule has 2 bridgehead atoms. The van der Waals surface area contributed by atoms with Crippen molar-refractivity contribution in [3.8, 4) is 0 Å². The Labute approximate surface area is 226 Å². The highest BCUT2D eigenvalue weighted by molar-refractivity contribution is 5.93. The van der Waals surface area contributed by atoms with Gasteiger partial charge in [-0.1, -0.05) is 27.7 Å². The summed E-state index contributed by atoms with van der Waals surface area (Å²) in [4.78, 5) is 52.3. The van der Waals surface area contributed by atoms with Crippen molar-refractivity contribution in [3.63, 3.8) is 0 Å². The second-order valence-corrected chi connectivity index (χ2v) is 12.6. The van der Waals surface area contributed by atoms with Crippen LogP contribution in [0.1, 0.15) is 65.5 Å². The minimum Gasteiger partial charge on any atom is -0.472 e. The smallest absolute Gasteiger partial charge is 0.347 e. The fraction of sp³-hybridized carbons (Fsp3) is 0.655. The van der Waals surface area contributed by atoms with Crippen molar-refractivity contribution in [2.75, 3.05) is 7.11 Å². The van der Waals surface area contributed by atoms with E-state index in [-0.39, 0.29) is 12.2 Å². The highest BCUT2D eigenvalue weighted by Gasteiger charge is 2.75. The molecule has 9 atom stereocenters. The van der Waals surface area contributed by atoms with Gasteiger partial charge in [-0.25, -0.2) is 9.59 Å². The van der Waals surface area contributed by atoms with Gasteiger partial charge in [-0.05, 0) is 36.3 Å². The molecule has 0 spiro atoms. The van der Waals surface area contributed by atoms with Crippen molar-refractivity contribution in [2.45, 2.75) is 77.8 Å². The van der Waals surface area contributed by atoms with Crippen LogP contribution in [0.4, 0.5) is 0 Å². The van der Waals surface area contributed by atoms with Gasteiger partial charge in [0.2, 0.25) is 6.10 Å². The zero-order valence-electron chi connectivity index (χ0n) is 23.1. The third-order valence-electron chi connectivity index (χ3n) is 10.3. The van der Waals surface area contributed by atoms with Crippen LogP contribution in [-0.2, 0) is 33.4 Å². The molecule has 2 heterocycles.